The average molecular weight is 179 g/mol. The third kappa shape index (κ3) is 3.97. The molecule has 0 spiro atoms. The molecule has 1 rings (SSSR count). The summed E-state index contributed by atoms with van der Waals surface area (Å²) < 4.78 is 28.2. The minimum absolute atomic E-state index is 0.413. The van der Waals surface area contributed by atoms with E-state index in [1.54, 1.807) is 0 Å². The minimum atomic E-state index is -2.33. The van der Waals surface area contributed by atoms with E-state index in [-0.39, 0.29) is 0 Å². The van der Waals surface area contributed by atoms with Gasteiger partial charge in [0.05, 0.1) is 0 Å². The Morgan fingerprint density at radius 2 is 2.00 bits per heavy atom. The van der Waals surface area contributed by atoms with Gasteiger partial charge in [0.1, 0.15) is 6.61 Å². The third-order valence-corrected chi connectivity index (χ3v) is 2.06. The Kier molecular flexibility index (Phi) is 4.46. The Morgan fingerprint density at radius 1 is 1.33 bits per heavy atom. The highest BCUT2D eigenvalue weighted by Gasteiger charge is 2.13. The molecule has 0 amide bonds. The number of rotatable bonds is 4. The summed E-state index contributed by atoms with van der Waals surface area (Å²) in [5, 5.41) is 3.21. The van der Waals surface area contributed by atoms with Gasteiger partial charge in [0.2, 0.25) is 0 Å². The number of hydrogen-bond acceptors (Lipinski definition) is 2. The van der Waals surface area contributed by atoms with Gasteiger partial charge in [-0.1, -0.05) is 0 Å². The van der Waals surface area contributed by atoms with Crippen molar-refractivity contribution in [2.45, 2.75) is 19.3 Å². The van der Waals surface area contributed by atoms with E-state index < -0.39 is 13.0 Å². The van der Waals surface area contributed by atoms with E-state index in [0.29, 0.717) is 12.5 Å². The van der Waals surface area contributed by atoms with Gasteiger partial charge in [0, 0.05) is 6.61 Å². The summed E-state index contributed by atoms with van der Waals surface area (Å²) in [5.41, 5.74) is 0. The molecule has 0 aromatic rings. The lowest BCUT2D eigenvalue weighted by molar-refractivity contribution is 0.000214. The van der Waals surface area contributed by atoms with Crippen LogP contribution in [0.5, 0.6) is 0 Å². The molecular formula is C8H15F2NO. The summed E-state index contributed by atoms with van der Waals surface area (Å²) in [6.07, 6.45) is -0.237. The summed E-state index contributed by atoms with van der Waals surface area (Å²) in [6.45, 7) is 2.06. The van der Waals surface area contributed by atoms with Crippen LogP contribution < -0.4 is 5.32 Å². The Morgan fingerprint density at radius 3 is 2.58 bits per heavy atom. The summed E-state index contributed by atoms with van der Waals surface area (Å²) in [5.74, 6) is 0.477. The average Bonchev–Trinajstić information content (AvgIpc) is 2.05. The lowest BCUT2D eigenvalue weighted by Crippen LogP contribution is -2.30. The number of nitrogens with one attached hydrogen (secondary N) is 1. The maximum absolute atomic E-state index is 11.7. The van der Waals surface area contributed by atoms with Gasteiger partial charge in [-0.25, -0.2) is 8.78 Å². The smallest absolute Gasteiger partial charge is 0.261 e. The van der Waals surface area contributed by atoms with Crippen LogP contribution in [0.4, 0.5) is 8.78 Å². The summed E-state index contributed by atoms with van der Waals surface area (Å²) in [4.78, 5) is 0. The Labute approximate surface area is 71.3 Å². The Bertz CT molecular complexity index is 116. The molecule has 0 aromatic carbocycles. The summed E-state index contributed by atoms with van der Waals surface area (Å²) in [7, 11) is 0. The van der Waals surface area contributed by atoms with Crippen molar-refractivity contribution in [2.75, 3.05) is 26.3 Å². The molecule has 0 aromatic heterocycles. The van der Waals surface area contributed by atoms with Crippen LogP contribution in [0.3, 0.4) is 0 Å². The van der Waals surface area contributed by atoms with Gasteiger partial charge in [0.15, 0.2) is 0 Å². The molecule has 0 atom stereocenters. The van der Waals surface area contributed by atoms with Crippen molar-refractivity contribution < 1.29 is 13.5 Å². The predicted octanol–water partition coefficient (Wildman–Crippen LogP) is 1.27. The Balaban J connectivity index is 1.98. The second kappa shape index (κ2) is 5.43. The van der Waals surface area contributed by atoms with E-state index in [1.807, 2.05) is 0 Å². The van der Waals surface area contributed by atoms with Crippen LogP contribution in [0.25, 0.3) is 0 Å². The van der Waals surface area contributed by atoms with Gasteiger partial charge >= 0.3 is 0 Å². The van der Waals surface area contributed by atoms with Gasteiger partial charge in [0.25, 0.3) is 6.43 Å². The van der Waals surface area contributed by atoms with E-state index in [0.717, 1.165) is 25.9 Å². The first kappa shape index (κ1) is 9.86. The molecule has 1 heterocycles. The highest BCUT2D eigenvalue weighted by molar-refractivity contribution is 4.67. The van der Waals surface area contributed by atoms with Crippen LogP contribution in [0.2, 0.25) is 0 Å². The fourth-order valence-electron chi connectivity index (χ4n) is 1.37. The van der Waals surface area contributed by atoms with E-state index in [1.165, 1.54) is 0 Å². The monoisotopic (exact) mass is 179 g/mol. The maximum atomic E-state index is 11.7. The lowest BCUT2D eigenvalue weighted by atomic mass is 9.99. The largest absolute Gasteiger partial charge is 0.375 e. The molecule has 2 nitrogen and oxygen atoms in total. The van der Waals surface area contributed by atoms with Crippen LogP contribution in [-0.2, 0) is 4.74 Å². The second-order valence-corrected chi connectivity index (χ2v) is 3.12. The second-order valence-electron chi connectivity index (χ2n) is 3.12. The third-order valence-electron chi connectivity index (χ3n) is 2.06. The zero-order valence-corrected chi connectivity index (χ0v) is 7.06. The molecule has 1 fully saturated rings. The highest BCUT2D eigenvalue weighted by Crippen LogP contribution is 2.11. The van der Waals surface area contributed by atoms with E-state index in [2.05, 4.69) is 5.32 Å². The van der Waals surface area contributed by atoms with E-state index >= 15 is 0 Å². The topological polar surface area (TPSA) is 21.3 Å². The molecule has 1 N–H and O–H groups in total. The van der Waals surface area contributed by atoms with Crippen molar-refractivity contribution in [3.63, 3.8) is 0 Å². The van der Waals surface area contributed by atoms with Gasteiger partial charge < -0.3 is 10.1 Å². The molecule has 1 saturated heterocycles. The molecule has 4 heteroatoms. The van der Waals surface area contributed by atoms with E-state index in [9.17, 15) is 8.78 Å². The molecular weight excluding hydrogens is 164 g/mol. The highest BCUT2D eigenvalue weighted by atomic mass is 19.3. The van der Waals surface area contributed by atoms with Gasteiger partial charge in [-0.3, -0.25) is 0 Å². The summed E-state index contributed by atoms with van der Waals surface area (Å²) >= 11 is 0. The molecule has 12 heavy (non-hydrogen) atoms. The van der Waals surface area contributed by atoms with Crippen molar-refractivity contribution in [3.8, 4) is 0 Å². The molecule has 0 saturated carbocycles. The SMILES string of the molecule is FC(F)COCC1CCNCC1. The zero-order valence-electron chi connectivity index (χ0n) is 7.06. The van der Waals surface area contributed by atoms with Crippen LogP contribution in [0.1, 0.15) is 12.8 Å². The quantitative estimate of drug-likeness (QED) is 0.701. The molecule has 72 valence electrons. The number of hydrogen-bond donors (Lipinski definition) is 1. The molecule has 1 aliphatic rings. The zero-order chi connectivity index (χ0) is 8.81. The molecule has 1 aliphatic heterocycles. The molecule has 0 radical (unpaired) electrons. The fourth-order valence-corrected chi connectivity index (χ4v) is 1.37. The van der Waals surface area contributed by atoms with Crippen LogP contribution in [0.15, 0.2) is 0 Å². The minimum Gasteiger partial charge on any atom is -0.375 e. The number of halogens is 2. The first-order valence-corrected chi connectivity index (χ1v) is 4.35. The van der Waals surface area contributed by atoms with Gasteiger partial charge in [-0.15, -0.1) is 0 Å². The van der Waals surface area contributed by atoms with Gasteiger partial charge in [-0.05, 0) is 31.8 Å². The maximum Gasteiger partial charge on any atom is 0.261 e. The first-order chi connectivity index (χ1) is 5.79. The summed E-state index contributed by atoms with van der Waals surface area (Å²) in [6, 6.07) is 0. The van der Waals surface area contributed by atoms with Crippen molar-refractivity contribution in [2.24, 2.45) is 5.92 Å². The first-order valence-electron chi connectivity index (χ1n) is 4.35. The van der Waals surface area contributed by atoms with Crippen LogP contribution in [-0.4, -0.2) is 32.7 Å². The van der Waals surface area contributed by atoms with E-state index in [4.69, 9.17) is 4.74 Å². The van der Waals surface area contributed by atoms with Crippen LogP contribution in [0, 0.1) is 5.92 Å². The van der Waals surface area contributed by atoms with Crippen LogP contribution >= 0.6 is 0 Å². The molecule has 0 bridgehead atoms. The number of alkyl halides is 2. The number of ether oxygens (including phenoxy) is 1. The van der Waals surface area contributed by atoms with Crippen molar-refractivity contribution in [1.29, 1.82) is 0 Å². The Hall–Kier alpha value is -0.220. The fraction of sp³-hybridized carbons (Fsp3) is 1.00. The van der Waals surface area contributed by atoms with Gasteiger partial charge in [-0.2, -0.15) is 0 Å². The molecule has 0 aliphatic carbocycles. The van der Waals surface area contributed by atoms with Crippen molar-refractivity contribution in [1.82, 2.24) is 5.32 Å². The molecule has 0 unspecified atom stereocenters. The standard InChI is InChI=1S/C8H15F2NO/c9-8(10)6-12-5-7-1-3-11-4-2-7/h7-8,11H,1-6H2. The predicted molar refractivity (Wildman–Crippen MR) is 42.4 cm³/mol. The normalized spacial score (nSPS) is 20.2. The van der Waals surface area contributed by atoms with Crippen molar-refractivity contribution >= 4 is 0 Å². The number of piperidine rings is 1. The van der Waals surface area contributed by atoms with Crippen molar-refractivity contribution in [3.05, 3.63) is 0 Å². The lowest BCUT2D eigenvalue weighted by Gasteiger charge is -2.22.